The van der Waals surface area contributed by atoms with Gasteiger partial charge >= 0.3 is 0 Å². The average Bonchev–Trinajstić information content (AvgIpc) is 2.66. The first-order chi connectivity index (χ1) is 14.0. The average molecular weight is 431 g/mol. The summed E-state index contributed by atoms with van der Waals surface area (Å²) in [5.41, 5.74) is 1.95. The van der Waals surface area contributed by atoms with E-state index < -0.39 is 10.0 Å². The number of benzene rings is 2. The molecule has 1 aliphatic heterocycles. The monoisotopic (exact) mass is 430 g/mol. The lowest BCUT2D eigenvalue weighted by Gasteiger charge is -2.35. The molecule has 1 amide bonds. The molecule has 30 heavy (non-hydrogen) atoms. The molecule has 1 N–H and O–H groups in total. The van der Waals surface area contributed by atoms with Gasteiger partial charge in [0.15, 0.2) is 0 Å². The minimum absolute atomic E-state index is 0.00606. The summed E-state index contributed by atoms with van der Waals surface area (Å²) in [5, 5.41) is 0. The summed E-state index contributed by atoms with van der Waals surface area (Å²) < 4.78 is 33.7. The van der Waals surface area contributed by atoms with Crippen molar-refractivity contribution in [1.82, 2.24) is 4.90 Å². The molecule has 1 aliphatic rings. The van der Waals surface area contributed by atoms with Crippen molar-refractivity contribution in [2.75, 3.05) is 17.8 Å². The zero-order valence-corrected chi connectivity index (χ0v) is 19.0. The van der Waals surface area contributed by atoms with Crippen molar-refractivity contribution < 1.29 is 17.9 Å². The van der Waals surface area contributed by atoms with Crippen LogP contribution in [0.15, 0.2) is 53.4 Å². The first-order valence-corrected chi connectivity index (χ1v) is 11.6. The van der Waals surface area contributed by atoms with Crippen LogP contribution in [0.4, 0.5) is 5.69 Å². The van der Waals surface area contributed by atoms with Gasteiger partial charge in [-0.05, 0) is 61.2 Å². The van der Waals surface area contributed by atoms with E-state index in [1.54, 1.807) is 41.3 Å². The molecule has 162 valence electrons. The minimum Gasteiger partial charge on any atom is -0.372 e. The van der Waals surface area contributed by atoms with E-state index in [2.05, 4.69) is 25.5 Å². The summed E-state index contributed by atoms with van der Waals surface area (Å²) in [6.45, 7) is 11.2. The van der Waals surface area contributed by atoms with Crippen molar-refractivity contribution >= 4 is 21.6 Å². The minimum atomic E-state index is -3.71. The summed E-state index contributed by atoms with van der Waals surface area (Å²) in [7, 11) is -3.71. The Morgan fingerprint density at radius 1 is 0.967 bits per heavy atom. The van der Waals surface area contributed by atoms with E-state index in [-0.39, 0.29) is 28.4 Å². The van der Waals surface area contributed by atoms with E-state index in [1.807, 2.05) is 26.0 Å². The Hall–Kier alpha value is -2.38. The molecule has 0 saturated carbocycles. The molecule has 0 bridgehead atoms. The lowest BCUT2D eigenvalue weighted by atomic mass is 9.87. The predicted octanol–water partition coefficient (Wildman–Crippen LogP) is 4.03. The Balaban J connectivity index is 1.71. The fraction of sp³-hybridized carbons (Fsp3) is 0.435. The van der Waals surface area contributed by atoms with Crippen LogP contribution in [0.1, 0.15) is 50.5 Å². The van der Waals surface area contributed by atoms with Crippen molar-refractivity contribution in [3.05, 3.63) is 59.7 Å². The van der Waals surface area contributed by atoms with Crippen LogP contribution in [0.5, 0.6) is 0 Å². The molecule has 0 aromatic heterocycles. The lowest BCUT2D eigenvalue weighted by molar-refractivity contribution is -0.0586. The maximum atomic E-state index is 12.8. The first-order valence-electron chi connectivity index (χ1n) is 10.1. The quantitative estimate of drug-likeness (QED) is 0.794. The van der Waals surface area contributed by atoms with Crippen LogP contribution in [-0.4, -0.2) is 44.5 Å². The molecule has 0 aliphatic carbocycles. The van der Waals surface area contributed by atoms with Crippen molar-refractivity contribution in [3.8, 4) is 0 Å². The maximum Gasteiger partial charge on any atom is 0.261 e. The summed E-state index contributed by atoms with van der Waals surface area (Å²) in [4.78, 5) is 14.7. The van der Waals surface area contributed by atoms with Gasteiger partial charge in [-0.1, -0.05) is 32.9 Å². The SMILES string of the molecule is C[C@H]1CN(C(=O)c2ccc(NS(=O)(=O)c3ccc(C(C)(C)C)cc3)cc2)C[C@H](C)O1. The Bertz CT molecular complexity index is 983. The van der Waals surface area contributed by atoms with Gasteiger partial charge in [0.05, 0.1) is 17.1 Å². The molecule has 1 heterocycles. The predicted molar refractivity (Wildman–Crippen MR) is 118 cm³/mol. The van der Waals surface area contributed by atoms with Gasteiger partial charge in [-0.15, -0.1) is 0 Å². The molecular formula is C23H30N2O4S. The summed E-state index contributed by atoms with van der Waals surface area (Å²) >= 11 is 0. The van der Waals surface area contributed by atoms with Crippen LogP contribution >= 0.6 is 0 Å². The molecule has 7 heteroatoms. The van der Waals surface area contributed by atoms with E-state index in [0.29, 0.717) is 24.3 Å². The molecule has 1 fully saturated rings. The number of carbonyl (C=O) groups excluding carboxylic acids is 1. The number of hydrogen-bond donors (Lipinski definition) is 1. The number of sulfonamides is 1. The lowest BCUT2D eigenvalue weighted by Crippen LogP contribution is -2.48. The van der Waals surface area contributed by atoms with E-state index in [9.17, 15) is 13.2 Å². The first kappa shape index (κ1) is 22.3. The molecule has 2 aromatic carbocycles. The van der Waals surface area contributed by atoms with Gasteiger partial charge in [0.1, 0.15) is 0 Å². The molecule has 0 radical (unpaired) electrons. The van der Waals surface area contributed by atoms with Crippen LogP contribution in [0.3, 0.4) is 0 Å². The standard InChI is InChI=1S/C23H30N2O4S/c1-16-14-25(15-17(2)29-16)22(26)18-6-10-20(11-7-18)24-30(27,28)21-12-8-19(9-13-21)23(3,4)5/h6-13,16-17,24H,14-15H2,1-5H3/t16-,17-/m0/s1. The highest BCUT2D eigenvalue weighted by molar-refractivity contribution is 7.92. The number of carbonyl (C=O) groups is 1. The molecule has 6 nitrogen and oxygen atoms in total. The topological polar surface area (TPSA) is 75.7 Å². The molecule has 1 saturated heterocycles. The van der Waals surface area contributed by atoms with Crippen molar-refractivity contribution in [3.63, 3.8) is 0 Å². The molecule has 0 unspecified atom stereocenters. The maximum absolute atomic E-state index is 12.8. The highest BCUT2D eigenvalue weighted by Gasteiger charge is 2.26. The highest BCUT2D eigenvalue weighted by Crippen LogP contribution is 2.24. The van der Waals surface area contributed by atoms with Gasteiger partial charge in [-0.2, -0.15) is 0 Å². The highest BCUT2D eigenvalue weighted by atomic mass is 32.2. The zero-order chi connectivity index (χ0) is 22.1. The Morgan fingerprint density at radius 2 is 1.50 bits per heavy atom. The Kier molecular flexibility index (Phi) is 6.24. The normalized spacial score (nSPS) is 20.1. The molecule has 0 spiro atoms. The number of morpholine rings is 1. The second-order valence-electron chi connectivity index (χ2n) is 8.92. The summed E-state index contributed by atoms with van der Waals surface area (Å²) in [5.74, 6) is -0.0795. The van der Waals surface area contributed by atoms with Crippen molar-refractivity contribution in [2.24, 2.45) is 0 Å². The number of amides is 1. The molecule has 3 rings (SSSR count). The van der Waals surface area contributed by atoms with Crippen LogP contribution in [0.2, 0.25) is 0 Å². The molecular weight excluding hydrogens is 400 g/mol. The number of anilines is 1. The van der Waals surface area contributed by atoms with Crippen LogP contribution < -0.4 is 4.72 Å². The number of ether oxygens (including phenoxy) is 1. The fourth-order valence-corrected chi connectivity index (χ4v) is 4.61. The summed E-state index contributed by atoms with van der Waals surface area (Å²) in [6, 6.07) is 13.4. The van der Waals surface area contributed by atoms with E-state index in [4.69, 9.17) is 4.74 Å². The van der Waals surface area contributed by atoms with E-state index >= 15 is 0 Å². The van der Waals surface area contributed by atoms with Crippen molar-refractivity contribution in [1.29, 1.82) is 0 Å². The van der Waals surface area contributed by atoms with E-state index in [0.717, 1.165) is 5.56 Å². The second kappa shape index (κ2) is 8.40. The van der Waals surface area contributed by atoms with Crippen LogP contribution in [0.25, 0.3) is 0 Å². The Morgan fingerprint density at radius 3 is 2.00 bits per heavy atom. The summed E-state index contributed by atoms with van der Waals surface area (Å²) in [6.07, 6.45) is -0.0121. The van der Waals surface area contributed by atoms with Gasteiger partial charge in [0.2, 0.25) is 0 Å². The molecule has 2 aromatic rings. The fourth-order valence-electron chi connectivity index (χ4n) is 3.56. The van der Waals surface area contributed by atoms with Gasteiger partial charge < -0.3 is 9.64 Å². The zero-order valence-electron chi connectivity index (χ0n) is 18.2. The third kappa shape index (κ3) is 5.21. The van der Waals surface area contributed by atoms with Gasteiger partial charge in [0.25, 0.3) is 15.9 Å². The Labute approximate surface area is 179 Å². The van der Waals surface area contributed by atoms with Gasteiger partial charge in [0, 0.05) is 24.3 Å². The largest absolute Gasteiger partial charge is 0.372 e. The number of nitrogens with one attached hydrogen (secondary N) is 1. The van der Waals surface area contributed by atoms with Gasteiger partial charge in [-0.25, -0.2) is 8.42 Å². The molecule has 2 atom stereocenters. The van der Waals surface area contributed by atoms with Crippen molar-refractivity contribution in [2.45, 2.75) is 57.1 Å². The van der Waals surface area contributed by atoms with Crippen LogP contribution in [0, 0.1) is 0 Å². The van der Waals surface area contributed by atoms with Crippen LogP contribution in [-0.2, 0) is 20.2 Å². The third-order valence-corrected chi connectivity index (χ3v) is 6.52. The number of hydrogen-bond acceptors (Lipinski definition) is 4. The number of rotatable bonds is 4. The van der Waals surface area contributed by atoms with E-state index in [1.165, 1.54) is 0 Å². The smallest absolute Gasteiger partial charge is 0.261 e. The van der Waals surface area contributed by atoms with Gasteiger partial charge in [-0.3, -0.25) is 9.52 Å². The second-order valence-corrected chi connectivity index (χ2v) is 10.6. The third-order valence-electron chi connectivity index (χ3n) is 5.12. The number of nitrogens with zero attached hydrogens (tertiary/aromatic N) is 1.